The molecule has 3 aliphatic rings. The van der Waals surface area contributed by atoms with Gasteiger partial charge in [-0.15, -0.1) is 0 Å². The Bertz CT molecular complexity index is 419. The summed E-state index contributed by atoms with van der Waals surface area (Å²) in [7, 11) is 0. The molecular weight excluding hydrogens is 336 g/mol. The molecule has 3 rings (SSSR count). The zero-order valence-corrected chi connectivity index (χ0v) is 19.3. The summed E-state index contributed by atoms with van der Waals surface area (Å²) in [6, 6.07) is 0. The molecule has 2 unspecified atom stereocenters. The molecule has 0 N–H and O–H groups in total. The van der Waals surface area contributed by atoms with Gasteiger partial charge >= 0.3 is 0 Å². The molecule has 2 fully saturated rings. The number of unbranched alkanes of at least 4 members (excludes halogenated alkanes) is 2. The van der Waals surface area contributed by atoms with Crippen molar-refractivity contribution < 1.29 is 0 Å². The monoisotopic (exact) mass is 386 g/mol. The first-order chi connectivity index (χ1) is 13.8. The van der Waals surface area contributed by atoms with Gasteiger partial charge in [-0.25, -0.2) is 0 Å². The molecule has 0 spiro atoms. The van der Waals surface area contributed by atoms with Crippen LogP contribution in [0.3, 0.4) is 0 Å². The molecule has 0 aliphatic heterocycles. The summed E-state index contributed by atoms with van der Waals surface area (Å²) in [4.78, 5) is 0. The highest BCUT2D eigenvalue weighted by atomic mass is 14.4. The van der Waals surface area contributed by atoms with E-state index in [9.17, 15) is 0 Å². The molecule has 0 aromatic heterocycles. The first-order valence-corrected chi connectivity index (χ1v) is 13.5. The summed E-state index contributed by atoms with van der Waals surface area (Å²) in [5.74, 6) is 6.15. The number of rotatable bonds is 10. The number of hydrogen-bond acceptors (Lipinski definition) is 0. The van der Waals surface area contributed by atoms with Gasteiger partial charge < -0.3 is 0 Å². The predicted octanol–water partition coefficient (Wildman–Crippen LogP) is 9.34. The highest BCUT2D eigenvalue weighted by molar-refractivity contribution is 4.98. The topological polar surface area (TPSA) is 0 Å². The molecule has 0 aromatic rings. The van der Waals surface area contributed by atoms with E-state index in [4.69, 9.17) is 0 Å². The van der Waals surface area contributed by atoms with Gasteiger partial charge in [-0.1, -0.05) is 83.8 Å². The molecule has 0 aromatic carbocycles. The van der Waals surface area contributed by atoms with Crippen molar-refractivity contribution >= 4 is 0 Å². The summed E-state index contributed by atoms with van der Waals surface area (Å²) in [5, 5.41) is 0. The molecule has 0 radical (unpaired) electrons. The maximum atomic E-state index is 2.59. The van der Waals surface area contributed by atoms with Crippen molar-refractivity contribution in [1.82, 2.24) is 0 Å². The van der Waals surface area contributed by atoms with Crippen LogP contribution in [0.2, 0.25) is 0 Å². The molecule has 0 amide bonds. The lowest BCUT2D eigenvalue weighted by Gasteiger charge is -2.38. The van der Waals surface area contributed by atoms with Crippen LogP contribution in [0.1, 0.15) is 129 Å². The second-order valence-electron chi connectivity index (χ2n) is 10.9. The van der Waals surface area contributed by atoms with Gasteiger partial charge in [0, 0.05) is 0 Å². The fourth-order valence-electron chi connectivity index (χ4n) is 6.82. The van der Waals surface area contributed by atoms with Crippen LogP contribution >= 0.6 is 0 Å². The first kappa shape index (κ1) is 22.4. The van der Waals surface area contributed by atoms with Crippen molar-refractivity contribution in [3.8, 4) is 0 Å². The van der Waals surface area contributed by atoms with Gasteiger partial charge in [-0.3, -0.25) is 0 Å². The van der Waals surface area contributed by atoms with Gasteiger partial charge in [0.1, 0.15) is 0 Å². The third kappa shape index (κ3) is 7.21. The molecule has 0 heterocycles. The van der Waals surface area contributed by atoms with E-state index < -0.39 is 0 Å². The first-order valence-electron chi connectivity index (χ1n) is 13.5. The maximum absolute atomic E-state index is 2.59. The van der Waals surface area contributed by atoms with Gasteiger partial charge in [0.15, 0.2) is 0 Å². The van der Waals surface area contributed by atoms with E-state index in [1.165, 1.54) is 64.2 Å². The van der Waals surface area contributed by atoms with Crippen molar-refractivity contribution in [3.05, 3.63) is 12.2 Å². The normalized spacial score (nSPS) is 36.5. The molecule has 0 saturated heterocycles. The van der Waals surface area contributed by atoms with Gasteiger partial charge in [-0.2, -0.15) is 0 Å². The molecule has 3 aliphatic carbocycles. The Balaban J connectivity index is 1.27. The molecule has 0 bridgehead atoms. The van der Waals surface area contributed by atoms with Crippen molar-refractivity contribution in [1.29, 1.82) is 0 Å². The molecular formula is C28H50. The third-order valence-corrected chi connectivity index (χ3v) is 8.83. The Kier molecular flexibility index (Phi) is 9.96. The lowest BCUT2D eigenvalue weighted by Crippen LogP contribution is -2.26. The summed E-state index contributed by atoms with van der Waals surface area (Å²) >= 11 is 0. The molecule has 162 valence electrons. The standard InChI is InChI=1S/C28H50/c1-3-5-6-8-24-15-19-27(20-16-24)28-21-17-26(18-22-28)14-13-25-11-9-23(7-4-2)10-12-25/h9,11,23-28H,3-8,10,12-22H2,1-2H3. The van der Waals surface area contributed by atoms with Gasteiger partial charge in [0.25, 0.3) is 0 Å². The summed E-state index contributed by atoms with van der Waals surface area (Å²) < 4.78 is 0. The molecule has 2 atom stereocenters. The van der Waals surface area contributed by atoms with Crippen LogP contribution in [0.4, 0.5) is 0 Å². The summed E-state index contributed by atoms with van der Waals surface area (Å²) in [5.41, 5.74) is 0. The van der Waals surface area contributed by atoms with E-state index in [0.29, 0.717) is 0 Å². The minimum atomic E-state index is 0.901. The van der Waals surface area contributed by atoms with Crippen molar-refractivity contribution in [2.75, 3.05) is 0 Å². The van der Waals surface area contributed by atoms with Crippen LogP contribution in [0.5, 0.6) is 0 Å². The molecule has 0 nitrogen and oxygen atoms in total. The Morgan fingerprint density at radius 1 is 0.500 bits per heavy atom. The maximum Gasteiger partial charge on any atom is -0.0233 e. The smallest absolute Gasteiger partial charge is 0.0233 e. The molecule has 2 saturated carbocycles. The Hall–Kier alpha value is -0.260. The lowest BCUT2D eigenvalue weighted by molar-refractivity contribution is 0.138. The molecule has 28 heavy (non-hydrogen) atoms. The van der Waals surface area contributed by atoms with Crippen molar-refractivity contribution in [2.45, 2.75) is 129 Å². The van der Waals surface area contributed by atoms with E-state index in [-0.39, 0.29) is 0 Å². The SMILES string of the molecule is CCCCCC1CCC(C2CCC(CCC3C=CC(CCC)CC3)CC2)CC1. The Labute approximate surface area is 177 Å². The largest absolute Gasteiger partial charge is 0.0851 e. The number of hydrogen-bond donors (Lipinski definition) is 0. The summed E-state index contributed by atoms with van der Waals surface area (Å²) in [6.07, 6.45) is 32.2. The quantitative estimate of drug-likeness (QED) is 0.259. The van der Waals surface area contributed by atoms with Crippen LogP contribution in [-0.4, -0.2) is 0 Å². The fraction of sp³-hybridized carbons (Fsp3) is 0.929. The van der Waals surface area contributed by atoms with Crippen LogP contribution in [-0.2, 0) is 0 Å². The lowest BCUT2D eigenvalue weighted by atomic mass is 9.68. The minimum absolute atomic E-state index is 0.901. The van der Waals surface area contributed by atoms with E-state index in [1.54, 1.807) is 51.4 Å². The third-order valence-electron chi connectivity index (χ3n) is 8.83. The van der Waals surface area contributed by atoms with E-state index in [2.05, 4.69) is 26.0 Å². The van der Waals surface area contributed by atoms with Crippen LogP contribution in [0.25, 0.3) is 0 Å². The highest BCUT2D eigenvalue weighted by Gasteiger charge is 2.30. The van der Waals surface area contributed by atoms with E-state index in [0.717, 1.165) is 35.5 Å². The predicted molar refractivity (Wildman–Crippen MR) is 125 cm³/mol. The van der Waals surface area contributed by atoms with Crippen LogP contribution in [0.15, 0.2) is 12.2 Å². The Morgan fingerprint density at radius 3 is 1.54 bits per heavy atom. The average Bonchev–Trinajstić information content (AvgIpc) is 2.75. The van der Waals surface area contributed by atoms with Crippen LogP contribution in [0, 0.1) is 35.5 Å². The average molecular weight is 387 g/mol. The van der Waals surface area contributed by atoms with Crippen molar-refractivity contribution in [3.63, 3.8) is 0 Å². The Morgan fingerprint density at radius 2 is 1.04 bits per heavy atom. The van der Waals surface area contributed by atoms with Gasteiger partial charge in [0.2, 0.25) is 0 Å². The zero-order chi connectivity index (χ0) is 19.6. The summed E-state index contributed by atoms with van der Waals surface area (Å²) in [6.45, 7) is 4.66. The van der Waals surface area contributed by atoms with Crippen molar-refractivity contribution in [2.24, 2.45) is 35.5 Å². The molecule has 0 heteroatoms. The van der Waals surface area contributed by atoms with E-state index in [1.807, 2.05) is 0 Å². The van der Waals surface area contributed by atoms with Crippen LogP contribution < -0.4 is 0 Å². The highest BCUT2D eigenvalue weighted by Crippen LogP contribution is 2.43. The minimum Gasteiger partial charge on any atom is -0.0851 e. The fourth-order valence-corrected chi connectivity index (χ4v) is 6.82. The second kappa shape index (κ2) is 12.4. The second-order valence-corrected chi connectivity index (χ2v) is 10.9. The van der Waals surface area contributed by atoms with Gasteiger partial charge in [0.05, 0.1) is 0 Å². The zero-order valence-electron chi connectivity index (χ0n) is 19.3. The van der Waals surface area contributed by atoms with E-state index >= 15 is 0 Å². The van der Waals surface area contributed by atoms with Gasteiger partial charge in [-0.05, 0) is 93.3 Å². The number of allylic oxidation sites excluding steroid dienone is 2.